The molecule has 0 aromatic heterocycles. The number of benzene rings is 1. The summed E-state index contributed by atoms with van der Waals surface area (Å²) in [6, 6.07) is 9.83. The Labute approximate surface area is 137 Å². The first-order valence-electron chi connectivity index (χ1n) is 8.55. The van der Waals surface area contributed by atoms with Gasteiger partial charge in [-0.25, -0.2) is 0 Å². The minimum atomic E-state index is 0.0425. The summed E-state index contributed by atoms with van der Waals surface area (Å²) in [5, 5.41) is 0. The summed E-state index contributed by atoms with van der Waals surface area (Å²) >= 11 is 0. The third kappa shape index (κ3) is 4.01. The topological polar surface area (TPSA) is 40.6 Å². The number of rotatable bonds is 3. The fourth-order valence-corrected chi connectivity index (χ4v) is 3.38. The van der Waals surface area contributed by atoms with E-state index in [9.17, 15) is 9.59 Å². The summed E-state index contributed by atoms with van der Waals surface area (Å²) in [6.07, 6.45) is 7.34. The van der Waals surface area contributed by atoms with Crippen LogP contribution in [-0.4, -0.2) is 47.8 Å². The number of hydrogen-bond acceptors (Lipinski definition) is 2. The highest BCUT2D eigenvalue weighted by Crippen LogP contribution is 2.22. The van der Waals surface area contributed by atoms with Crippen LogP contribution < -0.4 is 0 Å². The van der Waals surface area contributed by atoms with Gasteiger partial charge in [0.1, 0.15) is 0 Å². The molecule has 122 valence electrons. The van der Waals surface area contributed by atoms with E-state index in [2.05, 4.69) is 0 Å². The lowest BCUT2D eigenvalue weighted by molar-refractivity contribution is -0.138. The smallest absolute Gasteiger partial charge is 0.246 e. The molecule has 0 N–H and O–H groups in total. The molecular weight excluding hydrogens is 288 g/mol. The maximum absolute atomic E-state index is 12.4. The average molecular weight is 312 g/mol. The highest BCUT2D eigenvalue weighted by Gasteiger charge is 2.30. The van der Waals surface area contributed by atoms with Crippen LogP contribution in [0.1, 0.15) is 31.2 Å². The van der Waals surface area contributed by atoms with Gasteiger partial charge in [-0.3, -0.25) is 9.59 Å². The van der Waals surface area contributed by atoms with Crippen molar-refractivity contribution in [3.63, 3.8) is 0 Å². The van der Waals surface area contributed by atoms with E-state index in [4.69, 9.17) is 0 Å². The van der Waals surface area contributed by atoms with E-state index >= 15 is 0 Å². The molecule has 0 radical (unpaired) electrons. The molecule has 0 atom stereocenters. The number of nitrogens with zero attached hydrogens (tertiary/aromatic N) is 2. The molecular formula is C19H24N2O2. The van der Waals surface area contributed by atoms with Crippen molar-refractivity contribution in [1.82, 2.24) is 9.80 Å². The Hall–Kier alpha value is -2.10. The SMILES string of the molecule is O=C(/C=C/c1ccccc1)N1CCC(C(=O)N2CCCC2)CC1. The van der Waals surface area contributed by atoms with E-state index in [0.29, 0.717) is 19.0 Å². The number of carbonyl (C=O) groups is 2. The first-order chi connectivity index (χ1) is 11.2. The summed E-state index contributed by atoms with van der Waals surface area (Å²) in [5.41, 5.74) is 1.03. The zero-order chi connectivity index (χ0) is 16.1. The lowest BCUT2D eigenvalue weighted by atomic mass is 9.95. The molecule has 23 heavy (non-hydrogen) atoms. The van der Waals surface area contributed by atoms with E-state index in [-0.39, 0.29) is 11.8 Å². The zero-order valence-electron chi connectivity index (χ0n) is 13.5. The normalized spacial score (nSPS) is 19.5. The van der Waals surface area contributed by atoms with Gasteiger partial charge in [0.25, 0.3) is 0 Å². The Morgan fingerprint density at radius 3 is 2.22 bits per heavy atom. The van der Waals surface area contributed by atoms with Crippen molar-refractivity contribution in [2.24, 2.45) is 5.92 Å². The molecule has 2 fully saturated rings. The highest BCUT2D eigenvalue weighted by atomic mass is 16.2. The van der Waals surface area contributed by atoms with Gasteiger partial charge in [0.2, 0.25) is 11.8 Å². The van der Waals surface area contributed by atoms with Crippen molar-refractivity contribution < 1.29 is 9.59 Å². The molecule has 2 aliphatic rings. The van der Waals surface area contributed by atoms with Crippen LogP contribution in [0.2, 0.25) is 0 Å². The Balaban J connectivity index is 1.49. The molecule has 1 aromatic carbocycles. The van der Waals surface area contributed by atoms with Crippen LogP contribution >= 0.6 is 0 Å². The number of carbonyl (C=O) groups excluding carboxylic acids is 2. The third-order valence-corrected chi connectivity index (χ3v) is 4.79. The van der Waals surface area contributed by atoms with E-state index in [1.54, 1.807) is 6.08 Å². The van der Waals surface area contributed by atoms with Gasteiger partial charge >= 0.3 is 0 Å². The summed E-state index contributed by atoms with van der Waals surface area (Å²) in [7, 11) is 0. The molecule has 3 rings (SSSR count). The molecule has 0 spiro atoms. The lowest BCUT2D eigenvalue weighted by Crippen LogP contribution is -2.43. The van der Waals surface area contributed by atoms with Gasteiger partial charge in [-0.05, 0) is 37.3 Å². The molecule has 2 heterocycles. The number of amides is 2. The van der Waals surface area contributed by atoms with E-state index in [1.165, 1.54) is 0 Å². The summed E-state index contributed by atoms with van der Waals surface area (Å²) in [4.78, 5) is 28.5. The van der Waals surface area contributed by atoms with E-state index < -0.39 is 0 Å². The second kappa shape index (κ2) is 7.44. The Kier molecular flexibility index (Phi) is 5.11. The third-order valence-electron chi connectivity index (χ3n) is 4.79. The Morgan fingerprint density at radius 2 is 1.57 bits per heavy atom. The zero-order valence-corrected chi connectivity index (χ0v) is 13.5. The highest BCUT2D eigenvalue weighted by molar-refractivity contribution is 5.92. The van der Waals surface area contributed by atoms with Crippen LogP contribution in [0.4, 0.5) is 0 Å². The van der Waals surface area contributed by atoms with Gasteiger partial charge in [0.15, 0.2) is 0 Å². The van der Waals surface area contributed by atoms with Crippen LogP contribution in [0.25, 0.3) is 6.08 Å². The molecule has 4 heteroatoms. The van der Waals surface area contributed by atoms with Gasteiger partial charge in [0, 0.05) is 38.2 Å². The molecule has 2 aliphatic heterocycles. The molecule has 0 unspecified atom stereocenters. The summed E-state index contributed by atoms with van der Waals surface area (Å²) in [5.74, 6) is 0.450. The Morgan fingerprint density at radius 1 is 0.913 bits per heavy atom. The second-order valence-electron chi connectivity index (χ2n) is 6.38. The fraction of sp³-hybridized carbons (Fsp3) is 0.474. The molecule has 2 saturated heterocycles. The maximum Gasteiger partial charge on any atom is 0.246 e. The van der Waals surface area contributed by atoms with Gasteiger partial charge in [-0.15, -0.1) is 0 Å². The van der Waals surface area contributed by atoms with Crippen molar-refractivity contribution in [3.05, 3.63) is 42.0 Å². The predicted molar refractivity (Wildman–Crippen MR) is 90.6 cm³/mol. The van der Waals surface area contributed by atoms with E-state index in [0.717, 1.165) is 44.3 Å². The van der Waals surface area contributed by atoms with Gasteiger partial charge in [-0.1, -0.05) is 30.3 Å². The summed E-state index contributed by atoms with van der Waals surface area (Å²) in [6.45, 7) is 3.19. The van der Waals surface area contributed by atoms with Crippen molar-refractivity contribution in [1.29, 1.82) is 0 Å². The Bertz CT molecular complexity index is 568. The maximum atomic E-state index is 12.4. The van der Waals surface area contributed by atoms with Crippen molar-refractivity contribution in [3.8, 4) is 0 Å². The van der Waals surface area contributed by atoms with Crippen LogP contribution in [-0.2, 0) is 9.59 Å². The average Bonchev–Trinajstić information content (AvgIpc) is 3.15. The fourth-order valence-electron chi connectivity index (χ4n) is 3.38. The first-order valence-corrected chi connectivity index (χ1v) is 8.55. The molecule has 1 aromatic rings. The number of hydrogen-bond donors (Lipinski definition) is 0. The quantitative estimate of drug-likeness (QED) is 0.805. The van der Waals surface area contributed by atoms with E-state index in [1.807, 2.05) is 46.2 Å². The molecule has 0 bridgehead atoms. The molecule has 2 amide bonds. The van der Waals surface area contributed by atoms with Crippen LogP contribution in [0.5, 0.6) is 0 Å². The first kappa shape index (κ1) is 15.8. The van der Waals surface area contributed by atoms with Crippen molar-refractivity contribution in [2.45, 2.75) is 25.7 Å². The molecule has 0 saturated carbocycles. The van der Waals surface area contributed by atoms with Gasteiger partial charge in [0.05, 0.1) is 0 Å². The van der Waals surface area contributed by atoms with Crippen molar-refractivity contribution in [2.75, 3.05) is 26.2 Å². The minimum Gasteiger partial charge on any atom is -0.342 e. The lowest BCUT2D eigenvalue weighted by Gasteiger charge is -2.32. The molecule has 0 aliphatic carbocycles. The van der Waals surface area contributed by atoms with Crippen LogP contribution in [0, 0.1) is 5.92 Å². The number of likely N-dealkylation sites (tertiary alicyclic amines) is 2. The van der Waals surface area contributed by atoms with Crippen LogP contribution in [0.15, 0.2) is 36.4 Å². The van der Waals surface area contributed by atoms with Crippen LogP contribution in [0.3, 0.4) is 0 Å². The minimum absolute atomic E-state index is 0.0425. The number of piperidine rings is 1. The predicted octanol–water partition coefficient (Wildman–Crippen LogP) is 2.56. The monoisotopic (exact) mass is 312 g/mol. The largest absolute Gasteiger partial charge is 0.342 e. The van der Waals surface area contributed by atoms with Gasteiger partial charge in [-0.2, -0.15) is 0 Å². The molecule has 4 nitrogen and oxygen atoms in total. The van der Waals surface area contributed by atoms with Crippen molar-refractivity contribution >= 4 is 17.9 Å². The van der Waals surface area contributed by atoms with Gasteiger partial charge < -0.3 is 9.80 Å². The summed E-state index contributed by atoms with van der Waals surface area (Å²) < 4.78 is 0. The second-order valence-corrected chi connectivity index (χ2v) is 6.38. The standard InChI is InChI=1S/C19H24N2O2/c22-18(9-8-16-6-2-1-3-7-16)20-14-10-17(11-15-20)19(23)21-12-4-5-13-21/h1-3,6-9,17H,4-5,10-15H2/b9-8+.